The summed E-state index contributed by atoms with van der Waals surface area (Å²) < 4.78 is 2.38. The maximum atomic E-state index is 12.3. The van der Waals surface area contributed by atoms with Gasteiger partial charge in [0.05, 0.1) is 5.69 Å². The van der Waals surface area contributed by atoms with Crippen LogP contribution in [0.5, 0.6) is 0 Å². The molecule has 9 nitrogen and oxygen atoms in total. The summed E-state index contributed by atoms with van der Waals surface area (Å²) in [4.78, 5) is 25.0. The fourth-order valence-corrected chi connectivity index (χ4v) is 3.45. The number of nitrogens with one attached hydrogen (secondary N) is 3. The first-order valence-corrected chi connectivity index (χ1v) is 10.2. The molecule has 150 valence electrons. The molecule has 0 saturated carbocycles. The first-order chi connectivity index (χ1) is 14.0. The number of hydrogen-bond donors (Lipinski definition) is 3. The van der Waals surface area contributed by atoms with Gasteiger partial charge in [-0.3, -0.25) is 4.79 Å². The zero-order chi connectivity index (χ0) is 20.6. The van der Waals surface area contributed by atoms with Crippen LogP contribution in [0.25, 0.3) is 0 Å². The second-order valence-corrected chi connectivity index (χ2v) is 7.80. The van der Waals surface area contributed by atoms with E-state index in [9.17, 15) is 9.59 Å². The number of carbonyl (C=O) groups is 2. The minimum atomic E-state index is -0.363. The minimum Gasteiger partial charge on any atom is -0.337 e. The Balaban J connectivity index is 1.53. The third-order valence-electron chi connectivity index (χ3n) is 3.67. The quantitative estimate of drug-likeness (QED) is 0.483. The summed E-state index contributed by atoms with van der Waals surface area (Å²) in [6, 6.07) is 14.3. The number of halogens is 1. The highest BCUT2D eigenvalue weighted by Crippen LogP contribution is 2.33. The van der Waals surface area contributed by atoms with Gasteiger partial charge in [0.15, 0.2) is 0 Å². The van der Waals surface area contributed by atoms with E-state index in [-0.39, 0.29) is 24.9 Å². The predicted octanol–water partition coefficient (Wildman–Crippen LogP) is 3.27. The fraction of sp³-hybridized carbons (Fsp3) is 0.167. The van der Waals surface area contributed by atoms with Gasteiger partial charge in [0, 0.05) is 35.1 Å². The zero-order valence-electron chi connectivity index (χ0n) is 15.4. The van der Waals surface area contributed by atoms with Crippen LogP contribution in [-0.4, -0.2) is 38.7 Å². The van der Waals surface area contributed by atoms with Crippen LogP contribution in [0.4, 0.5) is 16.2 Å². The van der Waals surface area contributed by atoms with Crippen molar-refractivity contribution in [1.82, 2.24) is 25.5 Å². The molecule has 0 saturated heterocycles. The molecule has 0 fully saturated rings. The molecule has 1 heterocycles. The van der Waals surface area contributed by atoms with E-state index in [0.717, 1.165) is 9.37 Å². The molecule has 0 spiro atoms. The molecule has 0 aliphatic rings. The van der Waals surface area contributed by atoms with Gasteiger partial charge in [0.2, 0.25) is 11.1 Å². The standard InChI is InChI=1S/C18H18BrN7O2S/c1-26-18(23-24-25-26)29-15-8-7-12(19)11-14(15)22-16(27)9-10-20-17(28)21-13-5-3-2-4-6-13/h2-8,11H,9-10H2,1H3,(H,22,27)(H2,20,21,28). The Bertz CT molecular complexity index is 997. The van der Waals surface area contributed by atoms with Gasteiger partial charge >= 0.3 is 6.03 Å². The molecule has 1 aromatic heterocycles. The van der Waals surface area contributed by atoms with Crippen molar-refractivity contribution in [1.29, 1.82) is 0 Å². The van der Waals surface area contributed by atoms with E-state index in [1.54, 1.807) is 29.9 Å². The normalized spacial score (nSPS) is 10.4. The van der Waals surface area contributed by atoms with Crippen molar-refractivity contribution in [2.75, 3.05) is 17.2 Å². The summed E-state index contributed by atoms with van der Waals surface area (Å²) >= 11 is 4.75. The van der Waals surface area contributed by atoms with Gasteiger partial charge in [-0.15, -0.1) is 5.10 Å². The number of urea groups is 1. The Morgan fingerprint density at radius 3 is 2.66 bits per heavy atom. The Kier molecular flexibility index (Phi) is 7.19. The lowest BCUT2D eigenvalue weighted by Crippen LogP contribution is -2.31. The molecular weight excluding hydrogens is 458 g/mol. The minimum absolute atomic E-state index is 0.129. The number of carbonyl (C=O) groups excluding carboxylic acids is 2. The largest absolute Gasteiger partial charge is 0.337 e. The van der Waals surface area contributed by atoms with Crippen LogP contribution in [0.15, 0.2) is 63.1 Å². The zero-order valence-corrected chi connectivity index (χ0v) is 17.8. The Morgan fingerprint density at radius 1 is 1.14 bits per heavy atom. The lowest BCUT2D eigenvalue weighted by Gasteiger charge is -2.11. The third-order valence-corrected chi connectivity index (χ3v) is 5.27. The Hall–Kier alpha value is -2.92. The van der Waals surface area contributed by atoms with Crippen molar-refractivity contribution >= 4 is 51.0 Å². The number of amides is 3. The van der Waals surface area contributed by atoms with Crippen LogP contribution in [0.2, 0.25) is 0 Å². The van der Waals surface area contributed by atoms with Crippen molar-refractivity contribution in [2.24, 2.45) is 7.05 Å². The Labute approximate surface area is 179 Å². The summed E-state index contributed by atoms with van der Waals surface area (Å²) in [7, 11) is 1.74. The van der Waals surface area contributed by atoms with Crippen molar-refractivity contribution in [3.8, 4) is 0 Å². The van der Waals surface area contributed by atoms with E-state index >= 15 is 0 Å². The average molecular weight is 476 g/mol. The van der Waals surface area contributed by atoms with E-state index in [4.69, 9.17) is 0 Å². The summed E-state index contributed by atoms with van der Waals surface area (Å²) in [5.74, 6) is -0.221. The van der Waals surface area contributed by atoms with Gasteiger partial charge in [-0.05, 0) is 52.5 Å². The van der Waals surface area contributed by atoms with Gasteiger partial charge in [-0.25, -0.2) is 9.48 Å². The number of aromatic nitrogens is 4. The maximum Gasteiger partial charge on any atom is 0.319 e. The molecule has 0 bridgehead atoms. The molecule has 11 heteroatoms. The van der Waals surface area contributed by atoms with E-state index in [2.05, 4.69) is 47.4 Å². The van der Waals surface area contributed by atoms with E-state index in [1.807, 2.05) is 30.3 Å². The molecule has 0 aliphatic carbocycles. The van der Waals surface area contributed by atoms with E-state index < -0.39 is 0 Å². The number of nitrogens with zero attached hydrogens (tertiary/aromatic N) is 4. The molecule has 3 aromatic rings. The number of benzene rings is 2. The van der Waals surface area contributed by atoms with Gasteiger partial charge in [0.25, 0.3) is 0 Å². The van der Waals surface area contributed by atoms with Crippen LogP contribution < -0.4 is 16.0 Å². The summed E-state index contributed by atoms with van der Waals surface area (Å²) in [6.45, 7) is 0.203. The third kappa shape index (κ3) is 6.29. The van der Waals surface area contributed by atoms with Gasteiger partial charge in [0.1, 0.15) is 0 Å². The molecule has 3 N–H and O–H groups in total. The molecule has 29 heavy (non-hydrogen) atoms. The Morgan fingerprint density at radius 2 is 1.93 bits per heavy atom. The van der Waals surface area contributed by atoms with Crippen LogP contribution in [0.1, 0.15) is 6.42 Å². The van der Waals surface area contributed by atoms with Crippen LogP contribution in [0, 0.1) is 0 Å². The van der Waals surface area contributed by atoms with E-state index in [1.165, 1.54) is 11.8 Å². The van der Waals surface area contributed by atoms with Crippen LogP contribution in [-0.2, 0) is 11.8 Å². The van der Waals surface area contributed by atoms with Crippen LogP contribution in [0.3, 0.4) is 0 Å². The summed E-state index contributed by atoms with van der Waals surface area (Å²) in [5.41, 5.74) is 1.31. The summed E-state index contributed by atoms with van der Waals surface area (Å²) in [5, 5.41) is 20.2. The number of hydrogen-bond acceptors (Lipinski definition) is 6. The first kappa shape index (κ1) is 20.8. The molecule has 2 aromatic carbocycles. The molecule has 0 atom stereocenters. The summed E-state index contributed by atoms with van der Waals surface area (Å²) in [6.07, 6.45) is 0.129. The monoisotopic (exact) mass is 475 g/mol. The van der Waals surface area contributed by atoms with Crippen molar-refractivity contribution in [3.63, 3.8) is 0 Å². The lowest BCUT2D eigenvalue weighted by molar-refractivity contribution is -0.116. The highest BCUT2D eigenvalue weighted by Gasteiger charge is 2.12. The second kappa shape index (κ2) is 10.0. The molecule has 3 amide bonds. The number of para-hydroxylation sites is 1. The van der Waals surface area contributed by atoms with Gasteiger partial charge < -0.3 is 16.0 Å². The molecule has 0 aliphatic heterocycles. The topological polar surface area (TPSA) is 114 Å². The average Bonchev–Trinajstić information content (AvgIpc) is 3.09. The highest BCUT2D eigenvalue weighted by atomic mass is 79.9. The van der Waals surface area contributed by atoms with Gasteiger partial charge in [-0.2, -0.15) is 0 Å². The molecule has 0 unspecified atom stereocenters. The molecule has 3 rings (SSSR count). The molecular formula is C18H18BrN7O2S. The fourth-order valence-electron chi connectivity index (χ4n) is 2.29. The highest BCUT2D eigenvalue weighted by molar-refractivity contribution is 9.10. The first-order valence-electron chi connectivity index (χ1n) is 8.61. The second-order valence-electron chi connectivity index (χ2n) is 5.87. The number of aryl methyl sites for hydroxylation is 1. The number of rotatable bonds is 7. The van der Waals surface area contributed by atoms with Crippen LogP contribution >= 0.6 is 27.7 Å². The van der Waals surface area contributed by atoms with Crippen molar-refractivity contribution in [2.45, 2.75) is 16.5 Å². The van der Waals surface area contributed by atoms with Crippen molar-refractivity contribution < 1.29 is 9.59 Å². The van der Waals surface area contributed by atoms with Gasteiger partial charge in [-0.1, -0.05) is 34.1 Å². The number of anilines is 2. The predicted molar refractivity (Wildman–Crippen MR) is 114 cm³/mol. The van der Waals surface area contributed by atoms with E-state index in [0.29, 0.717) is 16.5 Å². The maximum absolute atomic E-state index is 12.3. The lowest BCUT2D eigenvalue weighted by atomic mass is 10.3. The molecule has 0 radical (unpaired) electrons. The number of tetrazole rings is 1. The van der Waals surface area contributed by atoms with Crippen molar-refractivity contribution in [3.05, 3.63) is 53.0 Å². The SMILES string of the molecule is Cn1nnnc1Sc1ccc(Br)cc1NC(=O)CCNC(=O)Nc1ccccc1. The smallest absolute Gasteiger partial charge is 0.319 e.